The van der Waals surface area contributed by atoms with Gasteiger partial charge in [0.2, 0.25) is 5.78 Å². The van der Waals surface area contributed by atoms with Gasteiger partial charge in [-0.2, -0.15) is 0 Å². The number of aryl methyl sites for hydroxylation is 1. The molecule has 0 aliphatic heterocycles. The fourth-order valence-electron chi connectivity index (χ4n) is 2.21. The fraction of sp³-hybridized carbons (Fsp3) is 0.0625. The van der Waals surface area contributed by atoms with E-state index in [0.29, 0.717) is 16.9 Å². The minimum atomic E-state index is -0.0406. The lowest BCUT2D eigenvalue weighted by Crippen LogP contribution is -2.02. The smallest absolute Gasteiger partial charge is 0.209 e. The molecule has 3 N–H and O–H groups in total. The van der Waals surface area contributed by atoms with Crippen LogP contribution in [0.15, 0.2) is 48.5 Å². The molecule has 0 amide bonds. The van der Waals surface area contributed by atoms with Gasteiger partial charge in [-0.1, -0.05) is 23.8 Å². The van der Waals surface area contributed by atoms with Crippen LogP contribution in [0.25, 0.3) is 10.9 Å². The summed E-state index contributed by atoms with van der Waals surface area (Å²) in [4.78, 5) is 15.5. The molecule has 0 radical (unpaired) electrons. The maximum absolute atomic E-state index is 12.4. The van der Waals surface area contributed by atoms with Crippen LogP contribution in [0.5, 0.6) is 0 Å². The van der Waals surface area contributed by atoms with E-state index in [9.17, 15) is 4.79 Å². The number of H-pyrrole nitrogens is 1. The average Bonchev–Trinajstić information content (AvgIpc) is 2.80. The number of rotatable bonds is 2. The Labute approximate surface area is 111 Å². The van der Waals surface area contributed by atoms with E-state index in [1.54, 1.807) is 24.3 Å². The molecule has 0 atom stereocenters. The molecule has 3 aromatic rings. The lowest BCUT2D eigenvalue weighted by atomic mass is 10.1. The molecule has 1 heterocycles. The summed E-state index contributed by atoms with van der Waals surface area (Å²) in [6, 6.07) is 15.0. The number of fused-ring (bicyclic) bond motifs is 1. The molecule has 0 saturated carbocycles. The molecule has 0 fully saturated rings. The van der Waals surface area contributed by atoms with Gasteiger partial charge in [-0.15, -0.1) is 0 Å². The Bertz CT molecular complexity index is 771. The Morgan fingerprint density at radius 3 is 2.74 bits per heavy atom. The predicted molar refractivity (Wildman–Crippen MR) is 77.3 cm³/mol. The van der Waals surface area contributed by atoms with Crippen LogP contribution >= 0.6 is 0 Å². The van der Waals surface area contributed by atoms with Crippen molar-refractivity contribution in [2.24, 2.45) is 0 Å². The number of carbonyl (C=O) groups is 1. The van der Waals surface area contributed by atoms with E-state index in [-0.39, 0.29) is 5.78 Å². The quantitative estimate of drug-likeness (QED) is 0.541. The van der Waals surface area contributed by atoms with Gasteiger partial charge in [0, 0.05) is 22.2 Å². The van der Waals surface area contributed by atoms with Crippen LogP contribution in [0.1, 0.15) is 21.6 Å². The van der Waals surface area contributed by atoms with Gasteiger partial charge in [0.1, 0.15) is 0 Å². The molecule has 19 heavy (non-hydrogen) atoms. The number of ketones is 1. The molecule has 0 bridgehead atoms. The highest BCUT2D eigenvalue weighted by Crippen LogP contribution is 2.19. The van der Waals surface area contributed by atoms with Crippen molar-refractivity contribution in [2.75, 3.05) is 5.73 Å². The summed E-state index contributed by atoms with van der Waals surface area (Å²) in [5, 5.41) is 1.05. The summed E-state index contributed by atoms with van der Waals surface area (Å²) in [5.74, 6) is -0.0406. The van der Waals surface area contributed by atoms with Gasteiger partial charge in [-0.25, -0.2) is 0 Å². The third-order valence-electron chi connectivity index (χ3n) is 3.17. The lowest BCUT2D eigenvalue weighted by molar-refractivity contribution is 0.103. The van der Waals surface area contributed by atoms with Gasteiger partial charge in [0.25, 0.3) is 0 Å². The lowest BCUT2D eigenvalue weighted by Gasteiger charge is -1.99. The summed E-state index contributed by atoms with van der Waals surface area (Å²) in [5.41, 5.74) is 9.64. The highest BCUT2D eigenvalue weighted by Gasteiger charge is 2.12. The first-order valence-electron chi connectivity index (χ1n) is 6.13. The van der Waals surface area contributed by atoms with Crippen molar-refractivity contribution < 1.29 is 4.79 Å². The summed E-state index contributed by atoms with van der Waals surface area (Å²) < 4.78 is 0. The zero-order valence-electron chi connectivity index (χ0n) is 10.6. The molecule has 94 valence electrons. The van der Waals surface area contributed by atoms with E-state index in [2.05, 4.69) is 11.1 Å². The highest BCUT2D eigenvalue weighted by atomic mass is 16.1. The van der Waals surface area contributed by atoms with Crippen LogP contribution in [0.4, 0.5) is 5.69 Å². The average molecular weight is 250 g/mol. The minimum absolute atomic E-state index is 0.0406. The molecule has 3 nitrogen and oxygen atoms in total. The molecular formula is C16H14N2O. The number of aromatic amines is 1. The van der Waals surface area contributed by atoms with Gasteiger partial charge in [-0.05, 0) is 37.3 Å². The minimum Gasteiger partial charge on any atom is -0.399 e. The first-order chi connectivity index (χ1) is 9.13. The highest BCUT2D eigenvalue weighted by molar-refractivity contribution is 6.10. The maximum atomic E-state index is 12.4. The maximum Gasteiger partial charge on any atom is 0.209 e. The number of hydrogen-bond acceptors (Lipinski definition) is 2. The molecular weight excluding hydrogens is 236 g/mol. The SMILES string of the molecule is Cc1ccc2[nH]c(C(=O)c3cccc(N)c3)cc2c1. The molecule has 2 aromatic carbocycles. The normalized spacial score (nSPS) is 10.8. The van der Waals surface area contributed by atoms with Crippen LogP contribution in [0, 0.1) is 6.92 Å². The number of nitrogen functional groups attached to an aromatic ring is 1. The van der Waals surface area contributed by atoms with Crippen molar-refractivity contribution in [3.63, 3.8) is 0 Å². The molecule has 0 spiro atoms. The fourth-order valence-corrected chi connectivity index (χ4v) is 2.21. The van der Waals surface area contributed by atoms with Gasteiger partial charge in [0.05, 0.1) is 5.69 Å². The first-order valence-corrected chi connectivity index (χ1v) is 6.13. The molecule has 0 aliphatic carbocycles. The van der Waals surface area contributed by atoms with E-state index in [4.69, 9.17) is 5.73 Å². The van der Waals surface area contributed by atoms with Gasteiger partial charge in [0.15, 0.2) is 0 Å². The number of carbonyl (C=O) groups excluding carboxylic acids is 1. The zero-order chi connectivity index (χ0) is 13.4. The van der Waals surface area contributed by atoms with E-state index in [0.717, 1.165) is 10.9 Å². The number of benzene rings is 2. The van der Waals surface area contributed by atoms with Crippen LogP contribution in [-0.2, 0) is 0 Å². The number of nitrogens with one attached hydrogen (secondary N) is 1. The van der Waals surface area contributed by atoms with Crippen LogP contribution in [-0.4, -0.2) is 10.8 Å². The van der Waals surface area contributed by atoms with E-state index >= 15 is 0 Å². The number of anilines is 1. The third kappa shape index (κ3) is 2.10. The summed E-state index contributed by atoms with van der Waals surface area (Å²) in [7, 11) is 0. The van der Waals surface area contributed by atoms with Crippen molar-refractivity contribution >= 4 is 22.4 Å². The molecule has 0 unspecified atom stereocenters. The van der Waals surface area contributed by atoms with Crippen molar-refractivity contribution in [3.05, 3.63) is 65.4 Å². The Morgan fingerprint density at radius 1 is 1.11 bits per heavy atom. The van der Waals surface area contributed by atoms with Crippen molar-refractivity contribution in [1.29, 1.82) is 0 Å². The van der Waals surface area contributed by atoms with Gasteiger partial charge >= 0.3 is 0 Å². The van der Waals surface area contributed by atoms with Crippen LogP contribution in [0.3, 0.4) is 0 Å². The number of hydrogen-bond donors (Lipinski definition) is 2. The van der Waals surface area contributed by atoms with Gasteiger partial charge in [-0.3, -0.25) is 4.79 Å². The second-order valence-corrected chi connectivity index (χ2v) is 4.73. The van der Waals surface area contributed by atoms with Gasteiger partial charge < -0.3 is 10.7 Å². The van der Waals surface area contributed by atoms with E-state index in [1.165, 1.54) is 5.56 Å². The molecule has 0 aliphatic rings. The molecule has 3 heteroatoms. The van der Waals surface area contributed by atoms with Crippen molar-refractivity contribution in [2.45, 2.75) is 6.92 Å². The second-order valence-electron chi connectivity index (χ2n) is 4.73. The molecule has 0 saturated heterocycles. The molecule has 1 aromatic heterocycles. The predicted octanol–water partition coefficient (Wildman–Crippen LogP) is 3.29. The van der Waals surface area contributed by atoms with Crippen LogP contribution < -0.4 is 5.73 Å². The van der Waals surface area contributed by atoms with E-state index in [1.807, 2.05) is 25.1 Å². The summed E-state index contributed by atoms with van der Waals surface area (Å²) in [6.45, 7) is 2.03. The second kappa shape index (κ2) is 4.28. The summed E-state index contributed by atoms with van der Waals surface area (Å²) >= 11 is 0. The number of nitrogens with two attached hydrogens (primary N) is 1. The first kappa shape index (κ1) is 11.5. The zero-order valence-corrected chi connectivity index (χ0v) is 10.6. The Balaban J connectivity index is 2.06. The van der Waals surface area contributed by atoms with Crippen molar-refractivity contribution in [3.8, 4) is 0 Å². The topological polar surface area (TPSA) is 58.9 Å². The summed E-state index contributed by atoms with van der Waals surface area (Å²) in [6.07, 6.45) is 0. The Hall–Kier alpha value is -2.55. The monoisotopic (exact) mass is 250 g/mol. The Kier molecular flexibility index (Phi) is 2.60. The van der Waals surface area contributed by atoms with Crippen LogP contribution in [0.2, 0.25) is 0 Å². The largest absolute Gasteiger partial charge is 0.399 e. The van der Waals surface area contributed by atoms with Crippen molar-refractivity contribution in [1.82, 2.24) is 4.98 Å². The Morgan fingerprint density at radius 2 is 1.95 bits per heavy atom. The molecule has 3 rings (SSSR count). The standard InChI is InChI=1S/C16H14N2O/c1-10-5-6-14-12(7-10)9-15(18-14)16(19)11-3-2-4-13(17)8-11/h2-9,18H,17H2,1H3. The third-order valence-corrected chi connectivity index (χ3v) is 3.17. The number of aromatic nitrogens is 1. The van der Waals surface area contributed by atoms with E-state index < -0.39 is 0 Å².